The summed E-state index contributed by atoms with van der Waals surface area (Å²) in [5, 5.41) is 3.20. The van der Waals surface area contributed by atoms with Crippen LogP contribution in [0.4, 0.5) is 5.69 Å². The van der Waals surface area contributed by atoms with Gasteiger partial charge < -0.3 is 20.7 Å². The zero-order valence-electron chi connectivity index (χ0n) is 14.7. The third-order valence-corrected chi connectivity index (χ3v) is 4.14. The lowest BCUT2D eigenvalue weighted by Crippen LogP contribution is -2.48. The second kappa shape index (κ2) is 8.73. The molecule has 0 fully saturated rings. The molecule has 0 aliphatic carbocycles. The molecule has 1 amide bonds. The van der Waals surface area contributed by atoms with E-state index in [1.807, 2.05) is 13.0 Å². The SMILES string of the molecule is CCOC(=O)C1C(=O)c2cc(CCNCCN)ccc2N(CC)C1=O. The molecule has 136 valence electrons. The number of nitrogens with two attached hydrogens (primary N) is 1. The molecule has 7 heteroatoms. The molecular formula is C18H25N3O4. The van der Waals surface area contributed by atoms with Crippen LogP contribution >= 0.6 is 0 Å². The van der Waals surface area contributed by atoms with E-state index in [-0.39, 0.29) is 6.61 Å². The van der Waals surface area contributed by atoms with Crippen LogP contribution in [0.15, 0.2) is 18.2 Å². The molecule has 0 radical (unpaired) electrons. The Labute approximate surface area is 147 Å². The molecule has 1 aromatic carbocycles. The minimum atomic E-state index is -1.40. The number of carbonyl (C=O) groups excluding carboxylic acids is 3. The van der Waals surface area contributed by atoms with Crippen molar-refractivity contribution in [2.24, 2.45) is 11.7 Å². The number of rotatable bonds is 8. The van der Waals surface area contributed by atoms with Crippen LogP contribution in [-0.2, 0) is 20.7 Å². The van der Waals surface area contributed by atoms with E-state index < -0.39 is 23.6 Å². The van der Waals surface area contributed by atoms with Crippen molar-refractivity contribution in [2.75, 3.05) is 37.7 Å². The number of amides is 1. The molecule has 1 unspecified atom stereocenters. The summed E-state index contributed by atoms with van der Waals surface area (Å²) in [6, 6.07) is 5.44. The topological polar surface area (TPSA) is 102 Å². The molecule has 1 heterocycles. The maximum atomic E-state index is 12.8. The van der Waals surface area contributed by atoms with Gasteiger partial charge in [-0.05, 0) is 44.5 Å². The largest absolute Gasteiger partial charge is 0.465 e. The molecule has 0 aromatic heterocycles. The predicted molar refractivity (Wildman–Crippen MR) is 94.6 cm³/mol. The first-order valence-corrected chi connectivity index (χ1v) is 8.61. The fraction of sp³-hybridized carbons (Fsp3) is 0.500. The van der Waals surface area contributed by atoms with Crippen molar-refractivity contribution in [3.8, 4) is 0 Å². The van der Waals surface area contributed by atoms with E-state index in [4.69, 9.17) is 10.5 Å². The highest BCUT2D eigenvalue weighted by Gasteiger charge is 2.44. The normalized spacial score (nSPS) is 16.8. The molecule has 2 rings (SSSR count). The maximum absolute atomic E-state index is 12.8. The second-order valence-electron chi connectivity index (χ2n) is 5.77. The third kappa shape index (κ3) is 4.05. The molecule has 0 spiro atoms. The van der Waals surface area contributed by atoms with Crippen LogP contribution in [-0.4, -0.2) is 50.4 Å². The van der Waals surface area contributed by atoms with E-state index in [0.717, 1.165) is 25.1 Å². The van der Waals surface area contributed by atoms with Gasteiger partial charge in [0.1, 0.15) is 0 Å². The fourth-order valence-electron chi connectivity index (χ4n) is 2.93. The standard InChI is InChI=1S/C18H25N3O4/c1-3-21-14-6-5-12(7-9-20-10-8-19)11-13(14)16(22)15(17(21)23)18(24)25-4-2/h5-6,11,15,20H,3-4,7-10,19H2,1-2H3. The van der Waals surface area contributed by atoms with Gasteiger partial charge in [-0.3, -0.25) is 14.4 Å². The second-order valence-corrected chi connectivity index (χ2v) is 5.77. The lowest BCUT2D eigenvalue weighted by Gasteiger charge is -2.31. The van der Waals surface area contributed by atoms with Gasteiger partial charge in [-0.1, -0.05) is 6.07 Å². The van der Waals surface area contributed by atoms with Gasteiger partial charge in [0, 0.05) is 25.2 Å². The highest BCUT2D eigenvalue weighted by Crippen LogP contribution is 2.32. The smallest absolute Gasteiger partial charge is 0.326 e. The number of hydrogen-bond donors (Lipinski definition) is 2. The number of carbonyl (C=O) groups is 3. The minimum Gasteiger partial charge on any atom is -0.465 e. The predicted octanol–water partition coefficient (Wildman–Crippen LogP) is 0.506. The van der Waals surface area contributed by atoms with Gasteiger partial charge in [-0.2, -0.15) is 0 Å². The first kappa shape index (κ1) is 19.1. The number of nitrogens with one attached hydrogen (secondary N) is 1. The average molecular weight is 347 g/mol. The zero-order chi connectivity index (χ0) is 18.4. The van der Waals surface area contributed by atoms with E-state index in [9.17, 15) is 14.4 Å². The van der Waals surface area contributed by atoms with Gasteiger partial charge in [0.25, 0.3) is 0 Å². The molecule has 7 nitrogen and oxygen atoms in total. The number of nitrogens with zero attached hydrogens (tertiary/aromatic N) is 1. The van der Waals surface area contributed by atoms with Crippen LogP contribution in [0.2, 0.25) is 0 Å². The van der Waals surface area contributed by atoms with E-state index in [1.54, 1.807) is 19.1 Å². The summed E-state index contributed by atoms with van der Waals surface area (Å²) in [5.41, 5.74) is 7.35. The molecule has 1 aliphatic rings. The molecule has 0 saturated carbocycles. The van der Waals surface area contributed by atoms with Crippen LogP contribution in [0.5, 0.6) is 0 Å². The van der Waals surface area contributed by atoms with Crippen molar-refractivity contribution >= 4 is 23.3 Å². The van der Waals surface area contributed by atoms with E-state index in [0.29, 0.717) is 24.3 Å². The Bertz CT molecular complexity index is 660. The first-order chi connectivity index (χ1) is 12.0. The molecule has 1 aliphatic heterocycles. The summed E-state index contributed by atoms with van der Waals surface area (Å²) in [6.07, 6.45) is 0.727. The number of ether oxygens (including phenoxy) is 1. The Morgan fingerprint density at radius 3 is 2.68 bits per heavy atom. The van der Waals surface area contributed by atoms with Crippen LogP contribution in [0.25, 0.3) is 0 Å². The van der Waals surface area contributed by atoms with Crippen LogP contribution in [0.1, 0.15) is 29.8 Å². The zero-order valence-corrected chi connectivity index (χ0v) is 14.7. The summed E-state index contributed by atoms with van der Waals surface area (Å²) in [6.45, 7) is 6.00. The number of hydrogen-bond acceptors (Lipinski definition) is 6. The number of Topliss-reactive ketones (excluding diaryl/α,β-unsaturated/α-hetero) is 1. The maximum Gasteiger partial charge on any atom is 0.326 e. The Hall–Kier alpha value is -2.25. The molecule has 25 heavy (non-hydrogen) atoms. The molecular weight excluding hydrogens is 322 g/mol. The van der Waals surface area contributed by atoms with Gasteiger partial charge in [-0.25, -0.2) is 0 Å². The molecule has 1 atom stereocenters. The van der Waals surface area contributed by atoms with Crippen molar-refractivity contribution in [3.63, 3.8) is 0 Å². The van der Waals surface area contributed by atoms with Gasteiger partial charge >= 0.3 is 5.97 Å². The van der Waals surface area contributed by atoms with Crippen molar-refractivity contribution < 1.29 is 19.1 Å². The Balaban J connectivity index is 2.30. The van der Waals surface area contributed by atoms with Crippen molar-refractivity contribution in [1.82, 2.24) is 5.32 Å². The third-order valence-electron chi connectivity index (χ3n) is 4.14. The fourth-order valence-corrected chi connectivity index (χ4v) is 2.93. The average Bonchev–Trinajstić information content (AvgIpc) is 2.60. The van der Waals surface area contributed by atoms with Crippen LogP contribution < -0.4 is 16.0 Å². The number of anilines is 1. The van der Waals surface area contributed by atoms with Gasteiger partial charge in [0.2, 0.25) is 5.91 Å². The number of ketones is 1. The van der Waals surface area contributed by atoms with Crippen molar-refractivity contribution in [3.05, 3.63) is 29.3 Å². The van der Waals surface area contributed by atoms with Crippen LogP contribution in [0, 0.1) is 5.92 Å². The number of esters is 1. The minimum absolute atomic E-state index is 0.127. The van der Waals surface area contributed by atoms with Crippen molar-refractivity contribution in [2.45, 2.75) is 20.3 Å². The highest BCUT2D eigenvalue weighted by atomic mass is 16.5. The van der Waals surface area contributed by atoms with Gasteiger partial charge in [0.05, 0.1) is 12.3 Å². The Kier molecular flexibility index (Phi) is 6.66. The summed E-state index contributed by atoms with van der Waals surface area (Å²) in [5.74, 6) is -3.19. The summed E-state index contributed by atoms with van der Waals surface area (Å²) in [4.78, 5) is 38.9. The van der Waals surface area contributed by atoms with E-state index in [1.165, 1.54) is 4.90 Å². The lowest BCUT2D eigenvalue weighted by molar-refractivity contribution is -0.149. The lowest BCUT2D eigenvalue weighted by atomic mass is 9.88. The monoisotopic (exact) mass is 347 g/mol. The summed E-state index contributed by atoms with van der Waals surface area (Å²) < 4.78 is 4.92. The number of fused-ring (bicyclic) bond motifs is 1. The number of benzene rings is 1. The first-order valence-electron chi connectivity index (χ1n) is 8.61. The molecule has 3 N–H and O–H groups in total. The van der Waals surface area contributed by atoms with Gasteiger partial charge in [0.15, 0.2) is 11.7 Å². The Morgan fingerprint density at radius 2 is 2.04 bits per heavy atom. The van der Waals surface area contributed by atoms with E-state index >= 15 is 0 Å². The highest BCUT2D eigenvalue weighted by molar-refractivity contribution is 6.30. The van der Waals surface area contributed by atoms with Crippen LogP contribution in [0.3, 0.4) is 0 Å². The van der Waals surface area contributed by atoms with Crippen molar-refractivity contribution in [1.29, 1.82) is 0 Å². The summed E-state index contributed by atoms with van der Waals surface area (Å²) in [7, 11) is 0. The van der Waals surface area contributed by atoms with E-state index in [2.05, 4.69) is 5.32 Å². The molecule has 1 aromatic rings. The quantitative estimate of drug-likeness (QED) is 0.403. The Morgan fingerprint density at radius 1 is 1.28 bits per heavy atom. The summed E-state index contributed by atoms with van der Waals surface area (Å²) >= 11 is 0. The molecule has 0 bridgehead atoms. The molecule has 0 saturated heterocycles. The van der Waals surface area contributed by atoms with Gasteiger partial charge in [-0.15, -0.1) is 0 Å².